The Bertz CT molecular complexity index is 913. The van der Waals surface area contributed by atoms with E-state index in [-0.39, 0.29) is 5.49 Å². The Labute approximate surface area is 137 Å². The van der Waals surface area contributed by atoms with Crippen LogP contribution < -0.4 is 5.49 Å². The van der Waals surface area contributed by atoms with E-state index in [0.717, 1.165) is 31.0 Å². The molecule has 0 unspecified atom stereocenters. The first-order chi connectivity index (χ1) is 11.3. The molecule has 0 radical (unpaired) electrons. The molecule has 0 atom stereocenters. The van der Waals surface area contributed by atoms with Crippen LogP contribution in [0, 0.1) is 5.92 Å². The molecule has 1 fully saturated rings. The molecule has 1 aliphatic carbocycles. The Morgan fingerprint density at radius 2 is 1.88 bits per heavy atom. The predicted octanol–water partition coefficient (Wildman–Crippen LogP) is 3.21. The van der Waals surface area contributed by atoms with Gasteiger partial charge in [-0.05, 0) is 49.1 Å². The molecule has 1 saturated carbocycles. The predicted molar refractivity (Wildman–Crippen MR) is 81.3 cm³/mol. The Kier molecular flexibility index (Phi) is 4.25. The molecule has 0 saturated heterocycles. The minimum atomic E-state index is -4.61. The van der Waals surface area contributed by atoms with Gasteiger partial charge < -0.3 is 4.57 Å². The second-order valence-corrected chi connectivity index (χ2v) is 7.35. The van der Waals surface area contributed by atoms with Crippen LogP contribution in [-0.4, -0.2) is 13.0 Å². The number of pyridine rings is 1. The Morgan fingerprint density at radius 3 is 2.54 bits per heavy atom. The molecule has 0 aliphatic heterocycles. The van der Waals surface area contributed by atoms with Crippen molar-refractivity contribution in [2.24, 2.45) is 10.3 Å². The fourth-order valence-electron chi connectivity index (χ4n) is 2.29. The molecule has 4 nitrogen and oxygen atoms in total. The second-order valence-electron chi connectivity index (χ2n) is 5.75. The number of benzene rings is 1. The molecule has 8 heteroatoms. The van der Waals surface area contributed by atoms with Crippen LogP contribution in [0.4, 0.5) is 13.2 Å². The van der Waals surface area contributed by atoms with E-state index < -0.39 is 26.7 Å². The fourth-order valence-corrected chi connectivity index (χ4v) is 3.34. The largest absolute Gasteiger partial charge is 0.416 e. The summed E-state index contributed by atoms with van der Waals surface area (Å²) in [6, 6.07) is 8.55. The number of hydrogen-bond acceptors (Lipinski definition) is 2. The van der Waals surface area contributed by atoms with Crippen LogP contribution in [-0.2, 0) is 22.7 Å². The molecule has 3 rings (SSSR count). The number of hydrogen-bond donors (Lipinski definition) is 0. The van der Waals surface area contributed by atoms with Gasteiger partial charge in [0.2, 0.25) is 0 Å². The molecule has 1 aromatic carbocycles. The van der Waals surface area contributed by atoms with Crippen molar-refractivity contribution in [1.82, 2.24) is 4.57 Å². The lowest BCUT2D eigenvalue weighted by Crippen LogP contribution is -2.22. The van der Waals surface area contributed by atoms with E-state index in [1.807, 2.05) is 0 Å². The first-order valence-electron chi connectivity index (χ1n) is 7.39. The summed E-state index contributed by atoms with van der Waals surface area (Å²) in [7, 11) is -4.23. The number of rotatable bonds is 4. The summed E-state index contributed by atoms with van der Waals surface area (Å²) >= 11 is 0. The van der Waals surface area contributed by atoms with E-state index in [9.17, 15) is 21.6 Å². The summed E-state index contributed by atoms with van der Waals surface area (Å²) in [6.45, 7) is 0.651. The second kappa shape index (κ2) is 6.08. The van der Waals surface area contributed by atoms with Gasteiger partial charge in [0.05, 0.1) is 10.5 Å². The summed E-state index contributed by atoms with van der Waals surface area (Å²) in [6.07, 6.45) is -0.716. The van der Waals surface area contributed by atoms with Crippen LogP contribution >= 0.6 is 0 Å². The van der Waals surface area contributed by atoms with Crippen molar-refractivity contribution in [1.29, 1.82) is 0 Å². The zero-order valence-corrected chi connectivity index (χ0v) is 13.4. The minimum absolute atomic E-state index is 0.210. The van der Waals surface area contributed by atoms with Crippen molar-refractivity contribution >= 4 is 10.0 Å². The van der Waals surface area contributed by atoms with Crippen LogP contribution in [0.3, 0.4) is 0 Å². The van der Waals surface area contributed by atoms with Gasteiger partial charge in [0, 0.05) is 12.7 Å². The molecule has 1 aliphatic rings. The highest BCUT2D eigenvalue weighted by atomic mass is 32.2. The van der Waals surface area contributed by atoms with Crippen LogP contribution in [0.1, 0.15) is 18.4 Å². The quantitative estimate of drug-likeness (QED) is 0.845. The maximum atomic E-state index is 12.8. The first-order valence-corrected chi connectivity index (χ1v) is 8.83. The Balaban J connectivity index is 2.03. The van der Waals surface area contributed by atoms with Gasteiger partial charge in [0.25, 0.3) is 10.0 Å². The molecule has 0 spiro atoms. The molecule has 2 aromatic rings. The average Bonchev–Trinajstić information content (AvgIpc) is 3.32. The normalized spacial score (nSPS) is 16.4. The smallest absolute Gasteiger partial charge is 0.332 e. The average molecular weight is 356 g/mol. The lowest BCUT2D eigenvalue weighted by molar-refractivity contribution is -0.137. The summed E-state index contributed by atoms with van der Waals surface area (Å²) in [5.41, 5.74) is -0.806. The molecule has 128 valence electrons. The third kappa shape index (κ3) is 3.87. The van der Waals surface area contributed by atoms with E-state index in [0.29, 0.717) is 18.5 Å². The highest BCUT2D eigenvalue weighted by Crippen LogP contribution is 2.31. The molecule has 24 heavy (non-hydrogen) atoms. The zero-order chi connectivity index (χ0) is 17.4. The maximum Gasteiger partial charge on any atom is 0.416 e. The van der Waals surface area contributed by atoms with Crippen molar-refractivity contribution in [3.63, 3.8) is 0 Å². The molecule has 0 amide bonds. The van der Waals surface area contributed by atoms with Gasteiger partial charge in [-0.1, -0.05) is 12.1 Å². The lowest BCUT2D eigenvalue weighted by atomic mass is 10.2. The van der Waals surface area contributed by atoms with Crippen molar-refractivity contribution < 1.29 is 21.6 Å². The van der Waals surface area contributed by atoms with Crippen LogP contribution in [0.2, 0.25) is 0 Å². The topological polar surface area (TPSA) is 51.4 Å². The Hall–Kier alpha value is -2.09. The molecule has 1 aromatic heterocycles. The summed E-state index contributed by atoms with van der Waals surface area (Å²) in [5, 5.41) is 0. The standard InChI is InChI=1S/C16H15F3N2O2S/c17-16(18,19)13-4-3-5-14(10-13)24(22,23)20-15-6-1-2-9-21(15)11-12-7-8-12/h1-6,9-10,12H,7-8,11H2. The maximum absolute atomic E-state index is 12.8. The van der Waals surface area contributed by atoms with Crippen LogP contribution in [0.5, 0.6) is 0 Å². The first kappa shape index (κ1) is 16.8. The van der Waals surface area contributed by atoms with Gasteiger partial charge in [-0.15, -0.1) is 4.40 Å². The van der Waals surface area contributed by atoms with E-state index in [4.69, 9.17) is 0 Å². The molecular weight excluding hydrogens is 341 g/mol. The van der Waals surface area contributed by atoms with Crippen molar-refractivity contribution in [3.8, 4) is 0 Å². The number of nitrogens with zero attached hydrogens (tertiary/aromatic N) is 2. The van der Waals surface area contributed by atoms with Gasteiger partial charge in [0.1, 0.15) is 5.49 Å². The van der Waals surface area contributed by atoms with Crippen molar-refractivity contribution in [3.05, 3.63) is 59.7 Å². The molecular formula is C16H15F3N2O2S. The zero-order valence-electron chi connectivity index (χ0n) is 12.6. The van der Waals surface area contributed by atoms with E-state index in [1.165, 1.54) is 6.07 Å². The SMILES string of the molecule is O=S(=O)(N=c1ccccn1CC1CC1)c1cccc(C(F)(F)F)c1. The third-order valence-electron chi connectivity index (χ3n) is 3.74. The van der Waals surface area contributed by atoms with Crippen LogP contribution in [0.15, 0.2) is 58.0 Å². The number of halogens is 3. The van der Waals surface area contributed by atoms with Gasteiger partial charge in [-0.25, -0.2) is 0 Å². The molecule has 0 N–H and O–H groups in total. The van der Waals surface area contributed by atoms with Gasteiger partial charge >= 0.3 is 6.18 Å². The monoisotopic (exact) mass is 356 g/mol. The summed E-state index contributed by atoms with van der Waals surface area (Å²) in [5.74, 6) is 0.502. The highest BCUT2D eigenvalue weighted by molar-refractivity contribution is 7.90. The van der Waals surface area contributed by atoms with E-state index in [1.54, 1.807) is 22.9 Å². The van der Waals surface area contributed by atoms with Crippen molar-refractivity contribution in [2.45, 2.75) is 30.5 Å². The van der Waals surface area contributed by atoms with E-state index >= 15 is 0 Å². The number of aromatic nitrogens is 1. The van der Waals surface area contributed by atoms with Crippen molar-refractivity contribution in [2.75, 3.05) is 0 Å². The minimum Gasteiger partial charge on any atom is -0.332 e. The van der Waals surface area contributed by atoms with Gasteiger partial charge in [-0.2, -0.15) is 21.6 Å². The van der Waals surface area contributed by atoms with Crippen LogP contribution in [0.25, 0.3) is 0 Å². The van der Waals surface area contributed by atoms with Gasteiger partial charge in [0.15, 0.2) is 0 Å². The third-order valence-corrected chi connectivity index (χ3v) is 5.02. The molecule has 1 heterocycles. The summed E-state index contributed by atoms with van der Waals surface area (Å²) < 4.78 is 68.5. The number of alkyl halides is 3. The Morgan fingerprint density at radius 1 is 1.12 bits per heavy atom. The highest BCUT2D eigenvalue weighted by Gasteiger charge is 2.31. The lowest BCUT2D eigenvalue weighted by Gasteiger charge is -2.08. The summed E-state index contributed by atoms with van der Waals surface area (Å²) in [4.78, 5) is -0.473. The number of sulfonamides is 1. The fraction of sp³-hybridized carbons (Fsp3) is 0.312. The van der Waals surface area contributed by atoms with Gasteiger partial charge in [-0.3, -0.25) is 0 Å². The molecule has 0 bridgehead atoms. The van der Waals surface area contributed by atoms with E-state index in [2.05, 4.69) is 4.40 Å².